The Bertz CT molecular complexity index is 394. The number of ether oxygens (including phenoxy) is 1. The first-order valence-electron chi connectivity index (χ1n) is 6.39. The zero-order valence-corrected chi connectivity index (χ0v) is 12.6. The summed E-state index contributed by atoms with van der Waals surface area (Å²) in [5, 5.41) is 0. The Morgan fingerprint density at radius 1 is 1.05 bits per heavy atom. The van der Waals surface area contributed by atoms with Gasteiger partial charge in [0.05, 0.1) is 0 Å². The van der Waals surface area contributed by atoms with E-state index in [0.717, 1.165) is 24.3 Å². The number of hydrogen-bond donors (Lipinski definition) is 0. The van der Waals surface area contributed by atoms with Crippen LogP contribution in [0, 0.1) is 5.92 Å². The Hall–Kier alpha value is -0.460. The molecule has 0 saturated heterocycles. The van der Waals surface area contributed by atoms with E-state index in [-0.39, 0.29) is 5.75 Å². The molecule has 0 radical (unpaired) electrons. The van der Waals surface area contributed by atoms with Gasteiger partial charge >= 0.3 is 6.36 Å². The molecular formula is C14H16F3IO. The third kappa shape index (κ3) is 4.54. The fraction of sp³-hybridized carbons (Fsp3) is 0.571. The third-order valence-corrected chi connectivity index (χ3v) is 4.90. The molecule has 1 fully saturated rings. The predicted octanol–water partition coefficient (Wildman–Crippen LogP) is 5.29. The molecule has 0 bridgehead atoms. The van der Waals surface area contributed by atoms with Crippen molar-refractivity contribution in [3.8, 4) is 5.75 Å². The molecular weight excluding hydrogens is 368 g/mol. The molecule has 1 aromatic rings. The number of rotatable bonds is 3. The van der Waals surface area contributed by atoms with Crippen LogP contribution in [0.4, 0.5) is 13.2 Å². The molecule has 1 aliphatic carbocycles. The minimum absolute atomic E-state index is 0.141. The first kappa shape index (κ1) is 14.9. The standard InChI is InChI=1S/C14H16F3IO/c15-14(16,17)19-13-7-5-12(6-8-13)11-3-1-10(9-18)2-4-11/h5-8,10-11H,1-4,9H2. The lowest BCUT2D eigenvalue weighted by molar-refractivity contribution is -0.274. The highest BCUT2D eigenvalue weighted by Gasteiger charge is 2.31. The molecule has 0 unspecified atom stereocenters. The molecule has 19 heavy (non-hydrogen) atoms. The van der Waals surface area contributed by atoms with Crippen molar-refractivity contribution >= 4 is 22.6 Å². The van der Waals surface area contributed by atoms with E-state index in [1.54, 1.807) is 12.1 Å². The summed E-state index contributed by atoms with van der Waals surface area (Å²) in [7, 11) is 0. The van der Waals surface area contributed by atoms with Gasteiger partial charge in [0.15, 0.2) is 0 Å². The van der Waals surface area contributed by atoms with E-state index < -0.39 is 6.36 Å². The van der Waals surface area contributed by atoms with Gasteiger partial charge in [-0.3, -0.25) is 0 Å². The Morgan fingerprint density at radius 3 is 2.11 bits per heavy atom. The molecule has 0 aliphatic heterocycles. The SMILES string of the molecule is FC(F)(F)Oc1ccc(C2CCC(CI)CC2)cc1. The highest BCUT2D eigenvalue weighted by Crippen LogP contribution is 2.37. The molecule has 1 saturated carbocycles. The number of benzene rings is 1. The molecule has 0 heterocycles. The molecule has 0 amide bonds. The van der Waals surface area contributed by atoms with Crippen LogP contribution >= 0.6 is 22.6 Å². The Kier molecular flexibility index (Phi) is 4.97. The summed E-state index contributed by atoms with van der Waals surface area (Å²) in [6.07, 6.45) is 0.0863. The first-order valence-corrected chi connectivity index (χ1v) is 7.92. The second kappa shape index (κ2) is 6.33. The van der Waals surface area contributed by atoms with Gasteiger partial charge in [0.1, 0.15) is 5.75 Å². The molecule has 0 N–H and O–H groups in total. The van der Waals surface area contributed by atoms with Crippen LogP contribution in [-0.4, -0.2) is 10.8 Å². The average molecular weight is 384 g/mol. The Labute approximate surface area is 124 Å². The van der Waals surface area contributed by atoms with Crippen molar-refractivity contribution in [1.29, 1.82) is 0 Å². The van der Waals surface area contributed by atoms with Crippen molar-refractivity contribution in [3.63, 3.8) is 0 Å². The van der Waals surface area contributed by atoms with Crippen LogP contribution in [0.2, 0.25) is 0 Å². The zero-order valence-electron chi connectivity index (χ0n) is 10.4. The molecule has 5 heteroatoms. The van der Waals surface area contributed by atoms with Crippen molar-refractivity contribution in [1.82, 2.24) is 0 Å². The van der Waals surface area contributed by atoms with Gasteiger partial charge in [-0.1, -0.05) is 34.7 Å². The van der Waals surface area contributed by atoms with Crippen molar-refractivity contribution in [2.24, 2.45) is 5.92 Å². The molecule has 0 spiro atoms. The lowest BCUT2D eigenvalue weighted by Gasteiger charge is -2.27. The smallest absolute Gasteiger partial charge is 0.406 e. The second-order valence-electron chi connectivity index (χ2n) is 4.99. The second-order valence-corrected chi connectivity index (χ2v) is 5.87. The highest BCUT2D eigenvalue weighted by atomic mass is 127. The molecule has 106 valence electrons. The Morgan fingerprint density at radius 2 is 1.63 bits per heavy atom. The van der Waals surface area contributed by atoms with Crippen molar-refractivity contribution in [2.75, 3.05) is 4.43 Å². The number of halogens is 4. The molecule has 2 rings (SSSR count). The van der Waals surface area contributed by atoms with Gasteiger partial charge < -0.3 is 4.74 Å². The Balaban J connectivity index is 1.95. The van der Waals surface area contributed by atoms with Crippen LogP contribution in [-0.2, 0) is 0 Å². The van der Waals surface area contributed by atoms with Gasteiger partial charge in [-0.25, -0.2) is 0 Å². The van der Waals surface area contributed by atoms with Crippen molar-refractivity contribution in [2.45, 2.75) is 38.0 Å². The van der Waals surface area contributed by atoms with Gasteiger partial charge in [0.2, 0.25) is 0 Å². The van der Waals surface area contributed by atoms with Crippen LogP contribution in [0.15, 0.2) is 24.3 Å². The molecule has 0 aromatic heterocycles. The summed E-state index contributed by atoms with van der Waals surface area (Å²) in [5.41, 5.74) is 1.13. The highest BCUT2D eigenvalue weighted by molar-refractivity contribution is 14.1. The van der Waals surface area contributed by atoms with Crippen LogP contribution < -0.4 is 4.74 Å². The van der Waals surface area contributed by atoms with E-state index in [2.05, 4.69) is 27.3 Å². The summed E-state index contributed by atoms with van der Waals surface area (Å²) < 4.78 is 41.2. The van der Waals surface area contributed by atoms with Crippen LogP contribution in [0.1, 0.15) is 37.2 Å². The number of hydrogen-bond acceptors (Lipinski definition) is 1. The van der Waals surface area contributed by atoms with Crippen molar-refractivity contribution in [3.05, 3.63) is 29.8 Å². The van der Waals surface area contributed by atoms with E-state index >= 15 is 0 Å². The number of alkyl halides is 4. The quantitative estimate of drug-likeness (QED) is 0.508. The first-order chi connectivity index (χ1) is 8.98. The summed E-state index contributed by atoms with van der Waals surface area (Å²) in [6.45, 7) is 0. The largest absolute Gasteiger partial charge is 0.573 e. The van der Waals surface area contributed by atoms with E-state index in [4.69, 9.17) is 0 Å². The fourth-order valence-electron chi connectivity index (χ4n) is 2.59. The van der Waals surface area contributed by atoms with E-state index in [1.807, 2.05) is 0 Å². The van der Waals surface area contributed by atoms with Crippen LogP contribution in [0.5, 0.6) is 5.75 Å². The van der Waals surface area contributed by atoms with Crippen LogP contribution in [0.3, 0.4) is 0 Å². The van der Waals surface area contributed by atoms with Gasteiger partial charge in [-0.05, 0) is 55.2 Å². The average Bonchev–Trinajstić information content (AvgIpc) is 2.38. The maximum atomic E-state index is 12.1. The lowest BCUT2D eigenvalue weighted by atomic mass is 9.79. The van der Waals surface area contributed by atoms with Gasteiger partial charge in [-0.2, -0.15) is 0 Å². The predicted molar refractivity (Wildman–Crippen MR) is 76.7 cm³/mol. The monoisotopic (exact) mass is 384 g/mol. The van der Waals surface area contributed by atoms with Crippen molar-refractivity contribution < 1.29 is 17.9 Å². The summed E-state index contributed by atoms with van der Waals surface area (Å²) in [6, 6.07) is 6.34. The van der Waals surface area contributed by atoms with Gasteiger partial charge in [0.25, 0.3) is 0 Å². The normalized spacial score (nSPS) is 24.2. The van der Waals surface area contributed by atoms with Crippen LogP contribution in [0.25, 0.3) is 0 Å². The van der Waals surface area contributed by atoms with E-state index in [9.17, 15) is 13.2 Å². The summed E-state index contributed by atoms with van der Waals surface area (Å²) in [5.74, 6) is 1.15. The third-order valence-electron chi connectivity index (χ3n) is 3.65. The maximum Gasteiger partial charge on any atom is 0.573 e. The maximum absolute atomic E-state index is 12.1. The van der Waals surface area contributed by atoms with E-state index in [1.165, 1.54) is 29.4 Å². The molecule has 1 aromatic carbocycles. The van der Waals surface area contributed by atoms with Gasteiger partial charge in [-0.15, -0.1) is 13.2 Å². The van der Waals surface area contributed by atoms with Gasteiger partial charge in [0, 0.05) is 4.43 Å². The molecule has 0 atom stereocenters. The minimum Gasteiger partial charge on any atom is -0.406 e. The fourth-order valence-corrected chi connectivity index (χ4v) is 3.47. The summed E-state index contributed by atoms with van der Waals surface area (Å²) >= 11 is 2.42. The van der Waals surface area contributed by atoms with E-state index in [0.29, 0.717) is 5.92 Å². The minimum atomic E-state index is -4.61. The summed E-state index contributed by atoms with van der Waals surface area (Å²) in [4.78, 5) is 0. The lowest BCUT2D eigenvalue weighted by Crippen LogP contribution is -2.17. The zero-order chi connectivity index (χ0) is 13.9. The molecule has 1 nitrogen and oxygen atoms in total. The molecule has 1 aliphatic rings. The topological polar surface area (TPSA) is 9.23 Å².